The van der Waals surface area contributed by atoms with Gasteiger partial charge in [-0.25, -0.2) is 13.1 Å². The van der Waals surface area contributed by atoms with Crippen molar-refractivity contribution in [3.63, 3.8) is 0 Å². The number of amides is 1. The van der Waals surface area contributed by atoms with Gasteiger partial charge < -0.3 is 19.1 Å². The highest BCUT2D eigenvalue weighted by atomic mass is 35.5. The Bertz CT molecular complexity index is 1410. The van der Waals surface area contributed by atoms with Gasteiger partial charge in [0.15, 0.2) is 6.29 Å². The number of rotatable bonds is 10. The van der Waals surface area contributed by atoms with Crippen LogP contribution in [0.3, 0.4) is 0 Å². The standard InChI is InChI=1S/C35H49ClN2O6S/c1-4-8-24(2)25(3)45(40,41)37-35(39)28-13-15-33-32(20-28)38(22-29-11-10-27(29)21-34-42-17-7-18-43-34)16-6-5-9-26-19-31(36)14-12-30(26)23-44-33/h12-15,19-20,24-25,27,29,34H,4-11,16-18,21-23H2,1-3H3,(H,37,39)/t24-,25+,27-,29-/m0/s1. The molecule has 2 fully saturated rings. The van der Waals surface area contributed by atoms with Crippen LogP contribution in [0.15, 0.2) is 36.4 Å². The number of hydrogen-bond acceptors (Lipinski definition) is 7. The van der Waals surface area contributed by atoms with Crippen LogP contribution in [0.2, 0.25) is 5.02 Å². The van der Waals surface area contributed by atoms with Gasteiger partial charge in [0.25, 0.3) is 5.91 Å². The zero-order valence-electron chi connectivity index (χ0n) is 26.9. The van der Waals surface area contributed by atoms with Gasteiger partial charge in [-0.05, 0) is 111 Å². The number of nitrogens with one attached hydrogen (secondary N) is 1. The molecule has 1 aliphatic carbocycles. The zero-order valence-corrected chi connectivity index (χ0v) is 28.5. The monoisotopic (exact) mass is 660 g/mol. The zero-order chi connectivity index (χ0) is 32.0. The largest absolute Gasteiger partial charge is 0.487 e. The van der Waals surface area contributed by atoms with Crippen LogP contribution in [0.5, 0.6) is 5.75 Å². The van der Waals surface area contributed by atoms with Crippen molar-refractivity contribution in [2.24, 2.45) is 17.8 Å². The molecule has 5 rings (SSSR count). The Morgan fingerprint density at radius 2 is 1.80 bits per heavy atom. The molecule has 1 saturated heterocycles. The maximum atomic E-state index is 13.4. The predicted molar refractivity (Wildman–Crippen MR) is 178 cm³/mol. The van der Waals surface area contributed by atoms with E-state index in [2.05, 4.69) is 9.62 Å². The molecule has 2 aliphatic heterocycles. The van der Waals surface area contributed by atoms with Crippen molar-refractivity contribution >= 4 is 33.2 Å². The van der Waals surface area contributed by atoms with Crippen molar-refractivity contribution in [2.45, 2.75) is 96.7 Å². The third-order valence-corrected chi connectivity index (χ3v) is 12.1. The molecule has 45 heavy (non-hydrogen) atoms. The summed E-state index contributed by atoms with van der Waals surface area (Å²) in [6.07, 6.45) is 8.50. The maximum absolute atomic E-state index is 13.4. The van der Waals surface area contributed by atoms with Gasteiger partial charge in [-0.2, -0.15) is 0 Å². The van der Waals surface area contributed by atoms with E-state index in [1.54, 1.807) is 13.0 Å². The number of hydrogen-bond donors (Lipinski definition) is 1. The molecule has 1 N–H and O–H groups in total. The second kappa shape index (κ2) is 15.5. The summed E-state index contributed by atoms with van der Waals surface area (Å²) in [5.74, 6) is 0.971. The van der Waals surface area contributed by atoms with E-state index in [1.807, 2.05) is 44.2 Å². The van der Waals surface area contributed by atoms with Crippen LogP contribution in [0.25, 0.3) is 0 Å². The van der Waals surface area contributed by atoms with Gasteiger partial charge in [0.05, 0.1) is 24.2 Å². The lowest BCUT2D eigenvalue weighted by Crippen LogP contribution is -2.41. The topological polar surface area (TPSA) is 94.2 Å². The van der Waals surface area contributed by atoms with Crippen LogP contribution in [-0.2, 0) is 32.5 Å². The second-order valence-corrected chi connectivity index (χ2v) is 15.6. The summed E-state index contributed by atoms with van der Waals surface area (Å²) in [5.41, 5.74) is 3.41. The third kappa shape index (κ3) is 8.73. The van der Waals surface area contributed by atoms with Crippen LogP contribution in [0.1, 0.15) is 93.6 Å². The normalized spacial score (nSPS) is 22.5. The molecular formula is C35H49ClN2O6S. The van der Waals surface area contributed by atoms with E-state index in [9.17, 15) is 13.2 Å². The molecule has 10 heteroatoms. The van der Waals surface area contributed by atoms with Crippen LogP contribution >= 0.6 is 11.6 Å². The second-order valence-electron chi connectivity index (χ2n) is 13.1. The smallest absolute Gasteiger partial charge is 0.264 e. The Balaban J connectivity index is 1.40. The Morgan fingerprint density at radius 1 is 1.02 bits per heavy atom. The summed E-state index contributed by atoms with van der Waals surface area (Å²) in [6.45, 7) is 9.12. The molecule has 0 spiro atoms. The number of anilines is 1. The summed E-state index contributed by atoms with van der Waals surface area (Å²) < 4.78 is 46.8. The highest BCUT2D eigenvalue weighted by Gasteiger charge is 2.36. The molecule has 248 valence electrons. The lowest BCUT2D eigenvalue weighted by molar-refractivity contribution is -0.192. The van der Waals surface area contributed by atoms with Crippen molar-refractivity contribution < 1.29 is 27.4 Å². The minimum Gasteiger partial charge on any atom is -0.487 e. The quantitative estimate of drug-likeness (QED) is 0.290. The van der Waals surface area contributed by atoms with E-state index in [0.29, 0.717) is 29.8 Å². The van der Waals surface area contributed by atoms with E-state index >= 15 is 0 Å². The first kappa shape index (κ1) is 34.0. The lowest BCUT2D eigenvalue weighted by atomic mass is 9.71. The fraction of sp³-hybridized carbons (Fsp3) is 0.629. The average Bonchev–Trinajstić information content (AvgIpc) is 3.05. The van der Waals surface area contributed by atoms with Gasteiger partial charge in [-0.1, -0.05) is 37.9 Å². The molecule has 1 amide bonds. The van der Waals surface area contributed by atoms with Crippen molar-refractivity contribution in [1.82, 2.24) is 4.72 Å². The molecule has 3 aliphatic rings. The summed E-state index contributed by atoms with van der Waals surface area (Å²) in [4.78, 5) is 15.8. The number of sulfonamides is 1. The van der Waals surface area contributed by atoms with Gasteiger partial charge in [-0.15, -0.1) is 0 Å². The van der Waals surface area contributed by atoms with Crippen molar-refractivity contribution in [2.75, 3.05) is 31.2 Å². The van der Waals surface area contributed by atoms with Crippen LogP contribution in [0.4, 0.5) is 5.69 Å². The molecule has 0 unspecified atom stereocenters. The minimum atomic E-state index is -3.84. The number of fused-ring (bicyclic) bond motifs is 2. The van der Waals surface area contributed by atoms with E-state index in [-0.39, 0.29) is 12.2 Å². The summed E-state index contributed by atoms with van der Waals surface area (Å²) >= 11 is 6.34. The first-order valence-corrected chi connectivity index (χ1v) is 18.6. The minimum absolute atomic E-state index is 0.0609. The number of aryl methyl sites for hydroxylation is 1. The first-order chi connectivity index (χ1) is 21.6. The molecule has 1 saturated carbocycles. The van der Waals surface area contributed by atoms with E-state index in [4.69, 9.17) is 25.8 Å². The molecule has 8 nitrogen and oxygen atoms in total. The Hall–Kier alpha value is -2.33. The molecule has 0 aromatic heterocycles. The van der Waals surface area contributed by atoms with E-state index in [1.165, 1.54) is 5.56 Å². The number of carbonyl (C=O) groups is 1. The maximum Gasteiger partial charge on any atom is 0.264 e. The van der Waals surface area contributed by atoms with Gasteiger partial charge in [0.2, 0.25) is 10.0 Å². The van der Waals surface area contributed by atoms with Crippen molar-refractivity contribution in [3.8, 4) is 5.75 Å². The number of carbonyl (C=O) groups excluding carboxylic acids is 1. The third-order valence-electron chi connectivity index (χ3n) is 9.93. The van der Waals surface area contributed by atoms with Crippen molar-refractivity contribution in [3.05, 3.63) is 58.1 Å². The van der Waals surface area contributed by atoms with Crippen LogP contribution in [0, 0.1) is 17.8 Å². The molecule has 0 radical (unpaired) electrons. The molecule has 0 bridgehead atoms. The Kier molecular flexibility index (Phi) is 11.7. The highest BCUT2D eigenvalue weighted by molar-refractivity contribution is 7.90. The summed E-state index contributed by atoms with van der Waals surface area (Å²) in [5, 5.41) is 0.0411. The van der Waals surface area contributed by atoms with Crippen molar-refractivity contribution in [1.29, 1.82) is 0 Å². The molecular weight excluding hydrogens is 612 g/mol. The average molecular weight is 661 g/mol. The molecule has 2 aromatic carbocycles. The number of nitrogens with zero attached hydrogens (tertiary/aromatic N) is 1. The fourth-order valence-electron chi connectivity index (χ4n) is 6.75. The molecule has 2 aromatic rings. The number of benzene rings is 2. The molecule has 2 heterocycles. The number of ether oxygens (including phenoxy) is 3. The van der Waals surface area contributed by atoms with Crippen LogP contribution in [-0.4, -0.2) is 52.2 Å². The van der Waals surface area contributed by atoms with E-state index < -0.39 is 21.2 Å². The van der Waals surface area contributed by atoms with Gasteiger partial charge in [-0.3, -0.25) is 4.79 Å². The molecule has 4 atom stereocenters. The number of halogens is 1. The van der Waals surface area contributed by atoms with E-state index in [0.717, 1.165) is 100 Å². The predicted octanol–water partition coefficient (Wildman–Crippen LogP) is 7.13. The van der Waals surface area contributed by atoms with Crippen LogP contribution < -0.4 is 14.4 Å². The Labute approximate surface area is 274 Å². The first-order valence-electron chi connectivity index (χ1n) is 16.7. The summed E-state index contributed by atoms with van der Waals surface area (Å²) in [6, 6.07) is 11.2. The Morgan fingerprint density at radius 3 is 2.53 bits per heavy atom. The fourth-order valence-corrected chi connectivity index (χ4v) is 8.25. The summed E-state index contributed by atoms with van der Waals surface area (Å²) in [7, 11) is -3.84. The van der Waals surface area contributed by atoms with Gasteiger partial charge in [0.1, 0.15) is 12.4 Å². The van der Waals surface area contributed by atoms with Gasteiger partial charge in [0, 0.05) is 30.1 Å². The lowest BCUT2D eigenvalue weighted by Gasteiger charge is -2.42. The van der Waals surface area contributed by atoms with Gasteiger partial charge >= 0.3 is 0 Å². The highest BCUT2D eigenvalue weighted by Crippen LogP contribution is 2.41. The SMILES string of the molecule is CCC[C@H](C)[C@@H](C)S(=O)(=O)NC(=O)c1ccc2c(c1)N(C[C@@H]1CC[C@H]1CC1OCCCO1)CCCCc1cc(Cl)ccc1CO2.